The molecule has 1 atom stereocenters. The Bertz CT molecular complexity index is 389. The van der Waals surface area contributed by atoms with E-state index in [0.29, 0.717) is 17.9 Å². The van der Waals surface area contributed by atoms with Gasteiger partial charge in [0, 0.05) is 12.8 Å². The van der Waals surface area contributed by atoms with Crippen LogP contribution in [0.1, 0.15) is 25.7 Å². The number of carbonyl (C=O) groups is 1. The summed E-state index contributed by atoms with van der Waals surface area (Å²) in [4.78, 5) is 15.8. The molecule has 0 bridgehead atoms. The minimum Gasteiger partial charge on any atom is -0.396 e. The van der Waals surface area contributed by atoms with Crippen LogP contribution in [0.5, 0.6) is 0 Å². The fourth-order valence-corrected chi connectivity index (χ4v) is 1.88. The fraction of sp³-hybridized carbons (Fsp3) is 0.500. The molecule has 2 rings (SSSR count). The number of amides is 1. The Morgan fingerprint density at radius 1 is 1.59 bits per heavy atom. The third-order valence-corrected chi connectivity index (χ3v) is 2.78. The third-order valence-electron chi connectivity index (χ3n) is 2.78. The molecule has 1 fully saturated rings. The number of nitrogens with two attached hydrogens (primary N) is 1. The maximum atomic E-state index is 11.7. The maximum absolute atomic E-state index is 11.7. The van der Waals surface area contributed by atoms with Gasteiger partial charge in [-0.1, -0.05) is 0 Å². The van der Waals surface area contributed by atoms with Crippen LogP contribution in [0.25, 0.3) is 0 Å². The van der Waals surface area contributed by atoms with Crippen LogP contribution < -0.4 is 11.1 Å². The minimum absolute atomic E-state index is 0.0358. The topological polar surface area (TPSA) is 77.2 Å². The molecule has 5 nitrogen and oxygen atoms in total. The van der Waals surface area contributed by atoms with Crippen molar-refractivity contribution in [3.05, 3.63) is 18.3 Å². The van der Waals surface area contributed by atoms with Crippen molar-refractivity contribution in [3.63, 3.8) is 0 Å². The fourth-order valence-electron chi connectivity index (χ4n) is 1.88. The van der Waals surface area contributed by atoms with Crippen LogP contribution in [0.15, 0.2) is 18.3 Å². The smallest absolute Gasteiger partial charge is 0.228 e. The highest BCUT2D eigenvalue weighted by Gasteiger charge is 2.18. The van der Waals surface area contributed by atoms with Gasteiger partial charge in [-0.25, -0.2) is 4.98 Å². The molecule has 17 heavy (non-hydrogen) atoms. The van der Waals surface area contributed by atoms with E-state index in [1.807, 2.05) is 0 Å². The first-order chi connectivity index (χ1) is 8.25. The molecule has 1 aliphatic heterocycles. The summed E-state index contributed by atoms with van der Waals surface area (Å²) >= 11 is 0. The number of rotatable bonds is 3. The molecule has 1 saturated heterocycles. The summed E-state index contributed by atoms with van der Waals surface area (Å²) in [5.41, 5.74) is 6.17. The largest absolute Gasteiger partial charge is 0.396 e. The van der Waals surface area contributed by atoms with Crippen molar-refractivity contribution in [2.45, 2.75) is 31.8 Å². The first kappa shape index (κ1) is 11.9. The SMILES string of the molecule is Nc1cccnc1NC(=O)CC1CCCCO1. The van der Waals surface area contributed by atoms with Gasteiger partial charge in [0.15, 0.2) is 5.82 Å². The summed E-state index contributed by atoms with van der Waals surface area (Å²) in [6.45, 7) is 0.754. The highest BCUT2D eigenvalue weighted by atomic mass is 16.5. The average molecular weight is 235 g/mol. The Kier molecular flexibility index (Phi) is 3.93. The van der Waals surface area contributed by atoms with Gasteiger partial charge in [0.05, 0.1) is 18.2 Å². The zero-order valence-electron chi connectivity index (χ0n) is 9.69. The monoisotopic (exact) mass is 235 g/mol. The number of pyridine rings is 1. The number of hydrogen-bond acceptors (Lipinski definition) is 4. The molecule has 2 heterocycles. The van der Waals surface area contributed by atoms with Gasteiger partial charge in [-0.05, 0) is 31.4 Å². The van der Waals surface area contributed by atoms with Crippen LogP contribution in [0, 0.1) is 0 Å². The molecule has 0 saturated carbocycles. The van der Waals surface area contributed by atoms with Crippen LogP contribution in [-0.2, 0) is 9.53 Å². The molecule has 0 aliphatic carbocycles. The Morgan fingerprint density at radius 3 is 3.18 bits per heavy atom. The quantitative estimate of drug-likeness (QED) is 0.833. The highest BCUT2D eigenvalue weighted by Crippen LogP contribution is 2.17. The number of anilines is 2. The van der Waals surface area contributed by atoms with E-state index in [-0.39, 0.29) is 12.0 Å². The summed E-state index contributed by atoms with van der Waals surface area (Å²) in [6, 6.07) is 3.44. The number of nitrogen functional groups attached to an aromatic ring is 1. The van der Waals surface area contributed by atoms with E-state index in [0.717, 1.165) is 25.9 Å². The number of ether oxygens (including phenoxy) is 1. The number of aromatic nitrogens is 1. The van der Waals surface area contributed by atoms with E-state index in [4.69, 9.17) is 10.5 Å². The van der Waals surface area contributed by atoms with Gasteiger partial charge in [0.25, 0.3) is 0 Å². The van der Waals surface area contributed by atoms with Crippen LogP contribution in [0.4, 0.5) is 11.5 Å². The maximum Gasteiger partial charge on any atom is 0.228 e. The molecule has 0 radical (unpaired) electrons. The van der Waals surface area contributed by atoms with E-state index in [1.54, 1.807) is 18.3 Å². The lowest BCUT2D eigenvalue weighted by atomic mass is 10.1. The van der Waals surface area contributed by atoms with E-state index in [1.165, 1.54) is 0 Å². The summed E-state index contributed by atoms with van der Waals surface area (Å²) in [7, 11) is 0. The van der Waals surface area contributed by atoms with Gasteiger partial charge in [-0.3, -0.25) is 4.79 Å². The van der Waals surface area contributed by atoms with Crippen molar-refractivity contribution in [2.24, 2.45) is 0 Å². The Hall–Kier alpha value is -1.62. The van der Waals surface area contributed by atoms with Crippen molar-refractivity contribution in [1.82, 2.24) is 4.98 Å². The summed E-state index contributed by atoms with van der Waals surface area (Å²) < 4.78 is 5.50. The number of nitrogens with zero attached hydrogens (tertiary/aromatic N) is 1. The summed E-state index contributed by atoms with van der Waals surface area (Å²) in [5, 5.41) is 2.70. The molecule has 1 aliphatic rings. The lowest BCUT2D eigenvalue weighted by Gasteiger charge is -2.21. The van der Waals surface area contributed by atoms with Gasteiger partial charge in [0.2, 0.25) is 5.91 Å². The van der Waals surface area contributed by atoms with E-state index < -0.39 is 0 Å². The van der Waals surface area contributed by atoms with E-state index >= 15 is 0 Å². The van der Waals surface area contributed by atoms with E-state index in [2.05, 4.69) is 10.3 Å². The first-order valence-electron chi connectivity index (χ1n) is 5.87. The molecule has 1 unspecified atom stereocenters. The molecule has 92 valence electrons. The van der Waals surface area contributed by atoms with Crippen LogP contribution in [0.2, 0.25) is 0 Å². The van der Waals surface area contributed by atoms with Crippen LogP contribution in [-0.4, -0.2) is 23.6 Å². The molecule has 0 aromatic carbocycles. The highest BCUT2D eigenvalue weighted by molar-refractivity contribution is 5.92. The third kappa shape index (κ3) is 3.42. The van der Waals surface area contributed by atoms with Crippen molar-refractivity contribution in [2.75, 3.05) is 17.7 Å². The predicted molar refractivity (Wildman–Crippen MR) is 65.5 cm³/mol. The molecular weight excluding hydrogens is 218 g/mol. The van der Waals surface area contributed by atoms with Crippen LogP contribution >= 0.6 is 0 Å². The number of hydrogen-bond donors (Lipinski definition) is 2. The van der Waals surface area contributed by atoms with Gasteiger partial charge in [-0.15, -0.1) is 0 Å². The van der Waals surface area contributed by atoms with Gasteiger partial charge < -0.3 is 15.8 Å². The lowest BCUT2D eigenvalue weighted by Crippen LogP contribution is -2.26. The first-order valence-corrected chi connectivity index (χ1v) is 5.87. The second kappa shape index (κ2) is 5.63. The molecule has 0 spiro atoms. The Labute approximate surface area is 100 Å². The molecule has 5 heteroatoms. The van der Waals surface area contributed by atoms with Crippen molar-refractivity contribution in [1.29, 1.82) is 0 Å². The number of nitrogens with one attached hydrogen (secondary N) is 1. The predicted octanol–water partition coefficient (Wildman–Crippen LogP) is 1.56. The van der Waals surface area contributed by atoms with Crippen LogP contribution in [0.3, 0.4) is 0 Å². The van der Waals surface area contributed by atoms with Crippen molar-refractivity contribution in [3.8, 4) is 0 Å². The van der Waals surface area contributed by atoms with Crippen molar-refractivity contribution >= 4 is 17.4 Å². The Balaban J connectivity index is 1.86. The second-order valence-corrected chi connectivity index (χ2v) is 4.18. The van der Waals surface area contributed by atoms with Gasteiger partial charge in [0.1, 0.15) is 0 Å². The lowest BCUT2D eigenvalue weighted by molar-refractivity contribution is -0.119. The summed E-state index contributed by atoms with van der Waals surface area (Å²) in [6.07, 6.45) is 5.17. The molecule has 1 amide bonds. The zero-order valence-corrected chi connectivity index (χ0v) is 9.69. The molecule has 3 N–H and O–H groups in total. The normalized spacial score (nSPS) is 19.9. The zero-order chi connectivity index (χ0) is 12.1. The standard InChI is InChI=1S/C12H17N3O2/c13-10-5-3-6-14-12(10)15-11(16)8-9-4-1-2-7-17-9/h3,5-6,9H,1-2,4,7-8,13H2,(H,14,15,16). The van der Waals surface area contributed by atoms with Crippen molar-refractivity contribution < 1.29 is 9.53 Å². The summed E-state index contributed by atoms with van der Waals surface area (Å²) in [5.74, 6) is 0.329. The molecular formula is C12H17N3O2. The second-order valence-electron chi connectivity index (χ2n) is 4.18. The van der Waals surface area contributed by atoms with Gasteiger partial charge >= 0.3 is 0 Å². The average Bonchev–Trinajstić information content (AvgIpc) is 2.33. The van der Waals surface area contributed by atoms with E-state index in [9.17, 15) is 4.79 Å². The Morgan fingerprint density at radius 2 is 2.47 bits per heavy atom. The molecule has 1 aromatic heterocycles. The molecule has 1 aromatic rings. The number of carbonyl (C=O) groups excluding carboxylic acids is 1. The minimum atomic E-state index is -0.0951. The van der Waals surface area contributed by atoms with Gasteiger partial charge in [-0.2, -0.15) is 0 Å².